The van der Waals surface area contributed by atoms with Crippen LogP contribution >= 0.6 is 11.3 Å². The van der Waals surface area contributed by atoms with Gasteiger partial charge in [-0.3, -0.25) is 9.59 Å². The van der Waals surface area contributed by atoms with Crippen LogP contribution in [0.25, 0.3) is 0 Å². The second-order valence-electron chi connectivity index (χ2n) is 11.9. The number of rotatable bonds is 6. The average Bonchev–Trinajstić information content (AvgIpc) is 3.68. The van der Waals surface area contributed by atoms with Crippen LogP contribution < -0.4 is 10.6 Å². The van der Waals surface area contributed by atoms with E-state index < -0.39 is 30.0 Å². The third kappa shape index (κ3) is 5.92. The molecule has 0 aliphatic carbocycles. The molecule has 7 nitrogen and oxygen atoms in total. The minimum atomic E-state index is -0.874. The number of thiophene rings is 1. The van der Waals surface area contributed by atoms with Gasteiger partial charge in [-0.15, -0.1) is 11.3 Å². The molecule has 3 aromatic carbocycles. The first-order chi connectivity index (χ1) is 21.3. The number of amides is 3. The van der Waals surface area contributed by atoms with Crippen molar-refractivity contribution in [3.63, 3.8) is 0 Å². The zero-order valence-electron chi connectivity index (χ0n) is 25.3. The Morgan fingerprint density at radius 3 is 2.18 bits per heavy atom. The molecule has 2 fully saturated rings. The number of piperazine rings is 1. The molecular formula is C36H38N4O3S. The summed E-state index contributed by atoms with van der Waals surface area (Å²) in [6.07, 6.45) is 0. The number of anilines is 1. The van der Waals surface area contributed by atoms with Gasteiger partial charge in [-0.05, 0) is 55.5 Å². The number of carbonyl (C=O) groups excluding carboxylic acids is 3. The number of ketones is 1. The lowest BCUT2D eigenvalue weighted by Gasteiger charge is -2.36. The molecule has 1 aromatic heterocycles. The highest BCUT2D eigenvalue weighted by Gasteiger charge is 2.58. The van der Waals surface area contributed by atoms with Crippen LogP contribution in [-0.2, 0) is 4.79 Å². The minimum absolute atomic E-state index is 0.0705. The van der Waals surface area contributed by atoms with E-state index in [0.717, 1.165) is 27.1 Å². The summed E-state index contributed by atoms with van der Waals surface area (Å²) in [6, 6.07) is 25.2. The summed E-state index contributed by atoms with van der Waals surface area (Å²) >= 11 is 1.53. The number of benzene rings is 3. The second-order valence-corrected chi connectivity index (χ2v) is 12.9. The number of hydrogen-bond acceptors (Lipinski definition) is 5. The van der Waals surface area contributed by atoms with Crippen LogP contribution in [0.1, 0.15) is 49.4 Å². The highest BCUT2D eigenvalue weighted by atomic mass is 32.1. The Bertz CT molecular complexity index is 1650. The lowest BCUT2D eigenvalue weighted by atomic mass is 9.78. The van der Waals surface area contributed by atoms with E-state index in [-0.39, 0.29) is 11.7 Å². The summed E-state index contributed by atoms with van der Waals surface area (Å²) in [5, 5.41) is 8.40. The summed E-state index contributed by atoms with van der Waals surface area (Å²) in [5.41, 5.74) is 5.15. The zero-order valence-corrected chi connectivity index (χ0v) is 26.1. The van der Waals surface area contributed by atoms with Gasteiger partial charge >= 0.3 is 6.03 Å². The molecule has 2 aliphatic heterocycles. The molecule has 226 valence electrons. The molecule has 0 radical (unpaired) electrons. The molecule has 2 saturated heterocycles. The molecule has 4 aromatic rings. The van der Waals surface area contributed by atoms with Crippen LogP contribution in [0.4, 0.5) is 10.5 Å². The van der Waals surface area contributed by atoms with Crippen LogP contribution in [0, 0.1) is 26.7 Å². The van der Waals surface area contributed by atoms with Crippen LogP contribution in [0.5, 0.6) is 0 Å². The number of nitrogens with one attached hydrogen (secondary N) is 2. The highest BCUT2D eigenvalue weighted by molar-refractivity contribution is 7.10. The molecule has 2 N–H and O–H groups in total. The maximum Gasteiger partial charge on any atom is 0.323 e. The van der Waals surface area contributed by atoms with E-state index >= 15 is 0 Å². The lowest BCUT2D eigenvalue weighted by Crippen LogP contribution is -2.55. The Morgan fingerprint density at radius 1 is 0.818 bits per heavy atom. The largest absolute Gasteiger partial charge is 0.338 e. The monoisotopic (exact) mass is 606 g/mol. The highest BCUT2D eigenvalue weighted by Crippen LogP contribution is 2.53. The maximum atomic E-state index is 14.8. The Hall–Kier alpha value is -4.27. The third-order valence-corrected chi connectivity index (χ3v) is 9.72. The van der Waals surface area contributed by atoms with E-state index in [0.29, 0.717) is 37.4 Å². The zero-order chi connectivity index (χ0) is 30.8. The van der Waals surface area contributed by atoms with Crippen LogP contribution in [0.3, 0.4) is 0 Å². The predicted molar refractivity (Wildman–Crippen MR) is 175 cm³/mol. The molecule has 3 heterocycles. The second kappa shape index (κ2) is 12.8. The number of urea groups is 1. The van der Waals surface area contributed by atoms with Crippen molar-refractivity contribution in [2.24, 2.45) is 5.92 Å². The van der Waals surface area contributed by atoms with Crippen molar-refractivity contribution in [3.8, 4) is 0 Å². The quantitative estimate of drug-likeness (QED) is 0.251. The first-order valence-corrected chi connectivity index (χ1v) is 16.1. The summed E-state index contributed by atoms with van der Waals surface area (Å²) in [6.45, 7) is 8.44. The average molecular weight is 607 g/mol. The van der Waals surface area contributed by atoms with Gasteiger partial charge in [0.15, 0.2) is 5.78 Å². The van der Waals surface area contributed by atoms with E-state index in [1.807, 2.05) is 116 Å². The van der Waals surface area contributed by atoms with Crippen molar-refractivity contribution < 1.29 is 14.4 Å². The summed E-state index contributed by atoms with van der Waals surface area (Å²) in [7, 11) is 0. The van der Waals surface area contributed by atoms with Crippen molar-refractivity contribution in [2.45, 2.75) is 38.8 Å². The fourth-order valence-corrected chi connectivity index (χ4v) is 7.58. The Balaban J connectivity index is 1.55. The molecule has 4 atom stereocenters. The summed E-state index contributed by atoms with van der Waals surface area (Å²) < 4.78 is 0. The third-order valence-electron chi connectivity index (χ3n) is 8.75. The van der Waals surface area contributed by atoms with Crippen LogP contribution in [-0.4, -0.2) is 59.7 Å². The summed E-state index contributed by atoms with van der Waals surface area (Å²) in [4.78, 5) is 48.5. The van der Waals surface area contributed by atoms with Crippen molar-refractivity contribution >= 4 is 34.7 Å². The molecule has 6 rings (SSSR count). The van der Waals surface area contributed by atoms with Gasteiger partial charge in [0.1, 0.15) is 6.04 Å². The summed E-state index contributed by atoms with van der Waals surface area (Å²) in [5.74, 6) is -1.40. The molecule has 0 spiro atoms. The molecule has 0 bridgehead atoms. The normalized spacial score (nSPS) is 21.7. The van der Waals surface area contributed by atoms with Gasteiger partial charge in [0.05, 0.1) is 12.0 Å². The van der Waals surface area contributed by atoms with Gasteiger partial charge in [0, 0.05) is 48.2 Å². The molecule has 8 heteroatoms. The molecule has 2 aliphatic rings. The van der Waals surface area contributed by atoms with Crippen molar-refractivity contribution in [2.75, 3.05) is 31.5 Å². The van der Waals surface area contributed by atoms with Crippen LogP contribution in [0.15, 0.2) is 90.3 Å². The number of Topliss-reactive ketones (excluding diaryl/α,β-unsaturated/α-hetero) is 1. The van der Waals surface area contributed by atoms with Gasteiger partial charge < -0.3 is 20.4 Å². The topological polar surface area (TPSA) is 81.8 Å². The first kappa shape index (κ1) is 29.8. The number of likely N-dealkylation sites (tertiary alicyclic amines) is 1. The van der Waals surface area contributed by atoms with Crippen molar-refractivity contribution in [3.05, 3.63) is 123 Å². The fraction of sp³-hybridized carbons (Fsp3) is 0.306. The maximum absolute atomic E-state index is 14.8. The Kier molecular flexibility index (Phi) is 8.64. The minimum Gasteiger partial charge on any atom is -0.338 e. The van der Waals surface area contributed by atoms with Gasteiger partial charge in [-0.25, -0.2) is 4.79 Å². The lowest BCUT2D eigenvalue weighted by molar-refractivity contribution is -0.136. The van der Waals surface area contributed by atoms with Gasteiger partial charge in [-0.1, -0.05) is 77.9 Å². The molecular weight excluding hydrogens is 568 g/mol. The number of hydrogen-bond donors (Lipinski definition) is 2. The molecule has 44 heavy (non-hydrogen) atoms. The number of nitrogens with zero attached hydrogens (tertiary/aromatic N) is 2. The van der Waals surface area contributed by atoms with E-state index in [1.165, 1.54) is 11.3 Å². The first-order valence-electron chi connectivity index (χ1n) is 15.2. The van der Waals surface area contributed by atoms with E-state index in [4.69, 9.17) is 0 Å². The molecule has 3 amide bonds. The van der Waals surface area contributed by atoms with Crippen LogP contribution in [0.2, 0.25) is 0 Å². The predicted octanol–water partition coefficient (Wildman–Crippen LogP) is 6.35. The molecule has 0 saturated carbocycles. The fourth-order valence-electron chi connectivity index (χ4n) is 6.67. The van der Waals surface area contributed by atoms with Gasteiger partial charge in [-0.2, -0.15) is 0 Å². The molecule has 4 unspecified atom stereocenters. The Morgan fingerprint density at radius 2 is 1.52 bits per heavy atom. The van der Waals surface area contributed by atoms with Gasteiger partial charge in [0.2, 0.25) is 5.91 Å². The number of carbonyl (C=O) groups is 3. The van der Waals surface area contributed by atoms with Crippen molar-refractivity contribution in [1.82, 2.24) is 15.1 Å². The van der Waals surface area contributed by atoms with E-state index in [2.05, 4.69) is 10.6 Å². The van der Waals surface area contributed by atoms with Gasteiger partial charge in [0.25, 0.3) is 0 Å². The van der Waals surface area contributed by atoms with E-state index in [1.54, 1.807) is 4.90 Å². The standard InChI is InChI=1S/C36H38N4O3S/c1-23-12-14-26(15-13-23)34(41)31-30(29-11-6-20-44-29)33(35(42)39-18-16-37-17-19-39)40(32(31)27-9-4-7-24(2)21-27)36(43)38-28-10-5-8-25(3)22-28/h4-15,20-22,30-33,37H,16-19H2,1-3H3,(H,38,43). The smallest absolute Gasteiger partial charge is 0.323 e. The van der Waals surface area contributed by atoms with Crippen molar-refractivity contribution in [1.29, 1.82) is 0 Å². The Labute approximate surface area is 262 Å². The van der Waals surface area contributed by atoms with E-state index in [9.17, 15) is 14.4 Å². The SMILES string of the molecule is Cc1ccc(C(=O)C2C(c3cccs3)C(C(=O)N3CCNCC3)N(C(=O)Nc3cccc(C)c3)C2c2cccc(C)c2)cc1. The number of aryl methyl sites for hydroxylation is 3.